The Hall–Kier alpha value is -1.48. The van der Waals surface area contributed by atoms with E-state index in [0.29, 0.717) is 6.04 Å². The molecule has 0 spiro atoms. The quantitative estimate of drug-likeness (QED) is 0.890. The van der Waals surface area contributed by atoms with Crippen molar-refractivity contribution in [3.05, 3.63) is 29.5 Å². The minimum atomic E-state index is 0.202. The SMILES string of the molecule is CNCc1c(C)n(C(C)C)c2ccc(OC(C)C)cc12. The molecule has 0 saturated carbocycles. The van der Waals surface area contributed by atoms with Crippen molar-refractivity contribution >= 4 is 10.9 Å². The number of aromatic nitrogens is 1. The fourth-order valence-corrected chi connectivity index (χ4v) is 2.90. The molecule has 0 aliphatic rings. The van der Waals surface area contributed by atoms with Crippen molar-refractivity contribution in [1.29, 1.82) is 0 Å². The Morgan fingerprint density at radius 3 is 2.45 bits per heavy atom. The first-order valence-electron chi connectivity index (χ1n) is 7.40. The Bertz CT molecular complexity index is 597. The van der Waals surface area contributed by atoms with E-state index in [4.69, 9.17) is 4.74 Å². The van der Waals surface area contributed by atoms with Crippen LogP contribution in [0, 0.1) is 6.92 Å². The Morgan fingerprint density at radius 2 is 1.90 bits per heavy atom. The summed E-state index contributed by atoms with van der Waals surface area (Å²) in [6, 6.07) is 6.89. The second-order valence-corrected chi connectivity index (χ2v) is 5.90. The molecule has 3 heteroatoms. The summed E-state index contributed by atoms with van der Waals surface area (Å²) in [7, 11) is 1.99. The van der Waals surface area contributed by atoms with E-state index in [1.165, 1.54) is 22.2 Å². The molecule has 0 unspecified atom stereocenters. The Kier molecular flexibility index (Phi) is 4.39. The lowest BCUT2D eigenvalue weighted by molar-refractivity contribution is 0.243. The number of nitrogens with one attached hydrogen (secondary N) is 1. The van der Waals surface area contributed by atoms with E-state index in [2.05, 4.69) is 62.7 Å². The lowest BCUT2D eigenvalue weighted by atomic mass is 10.1. The van der Waals surface area contributed by atoms with Crippen LogP contribution in [0.1, 0.15) is 45.0 Å². The third-order valence-electron chi connectivity index (χ3n) is 3.59. The minimum Gasteiger partial charge on any atom is -0.491 e. The van der Waals surface area contributed by atoms with E-state index in [9.17, 15) is 0 Å². The number of rotatable bonds is 5. The number of nitrogens with zero attached hydrogens (tertiary/aromatic N) is 1. The minimum absolute atomic E-state index is 0.202. The predicted octanol–water partition coefficient (Wildman–Crippen LogP) is 4.04. The zero-order chi connectivity index (χ0) is 14.9. The average molecular weight is 274 g/mol. The van der Waals surface area contributed by atoms with E-state index < -0.39 is 0 Å². The Morgan fingerprint density at radius 1 is 1.20 bits per heavy atom. The number of hydrogen-bond acceptors (Lipinski definition) is 2. The normalized spacial score (nSPS) is 11.8. The van der Waals surface area contributed by atoms with Crippen LogP contribution in [0.4, 0.5) is 0 Å². The average Bonchev–Trinajstić information content (AvgIpc) is 2.62. The van der Waals surface area contributed by atoms with Gasteiger partial charge in [-0.05, 0) is 65.4 Å². The van der Waals surface area contributed by atoms with Crippen molar-refractivity contribution in [1.82, 2.24) is 9.88 Å². The van der Waals surface area contributed by atoms with Gasteiger partial charge in [0.15, 0.2) is 0 Å². The maximum atomic E-state index is 5.84. The van der Waals surface area contributed by atoms with Gasteiger partial charge < -0.3 is 14.6 Å². The highest BCUT2D eigenvalue weighted by molar-refractivity contribution is 5.87. The first-order chi connectivity index (χ1) is 9.45. The fraction of sp³-hybridized carbons (Fsp3) is 0.529. The summed E-state index contributed by atoms with van der Waals surface area (Å²) < 4.78 is 8.24. The Balaban J connectivity index is 2.63. The van der Waals surface area contributed by atoms with Crippen molar-refractivity contribution in [2.75, 3.05) is 7.05 Å². The maximum Gasteiger partial charge on any atom is 0.120 e. The van der Waals surface area contributed by atoms with Crippen molar-refractivity contribution < 1.29 is 4.74 Å². The molecule has 1 aromatic carbocycles. The number of fused-ring (bicyclic) bond motifs is 1. The van der Waals surface area contributed by atoms with Gasteiger partial charge in [0.2, 0.25) is 0 Å². The summed E-state index contributed by atoms with van der Waals surface area (Å²) in [4.78, 5) is 0. The van der Waals surface area contributed by atoms with Crippen LogP contribution in [0.2, 0.25) is 0 Å². The first-order valence-corrected chi connectivity index (χ1v) is 7.40. The van der Waals surface area contributed by atoms with E-state index >= 15 is 0 Å². The molecule has 1 aromatic heterocycles. The van der Waals surface area contributed by atoms with Crippen molar-refractivity contribution in [2.45, 2.75) is 53.3 Å². The van der Waals surface area contributed by atoms with E-state index in [0.717, 1.165) is 12.3 Å². The third-order valence-corrected chi connectivity index (χ3v) is 3.59. The molecule has 2 aromatic rings. The molecule has 0 fully saturated rings. The topological polar surface area (TPSA) is 26.2 Å². The second-order valence-electron chi connectivity index (χ2n) is 5.90. The summed E-state index contributed by atoms with van der Waals surface area (Å²) >= 11 is 0. The van der Waals surface area contributed by atoms with Gasteiger partial charge in [0.25, 0.3) is 0 Å². The number of ether oxygens (including phenoxy) is 1. The lowest BCUT2D eigenvalue weighted by Gasteiger charge is -2.13. The molecule has 1 N–H and O–H groups in total. The van der Waals surface area contributed by atoms with Crippen LogP contribution in [-0.2, 0) is 6.54 Å². The van der Waals surface area contributed by atoms with E-state index in [1.54, 1.807) is 0 Å². The molecule has 2 rings (SSSR count). The molecule has 0 aliphatic heterocycles. The molecular formula is C17H26N2O. The largest absolute Gasteiger partial charge is 0.491 e. The Labute approximate surface area is 121 Å². The molecule has 0 saturated heterocycles. The van der Waals surface area contributed by atoms with Crippen LogP contribution in [0.3, 0.4) is 0 Å². The van der Waals surface area contributed by atoms with E-state index in [1.807, 2.05) is 7.05 Å². The van der Waals surface area contributed by atoms with Gasteiger partial charge in [-0.15, -0.1) is 0 Å². The molecule has 0 radical (unpaired) electrons. The monoisotopic (exact) mass is 274 g/mol. The first kappa shape index (κ1) is 14.9. The summed E-state index contributed by atoms with van der Waals surface area (Å²) in [6.07, 6.45) is 0.202. The van der Waals surface area contributed by atoms with Crippen LogP contribution >= 0.6 is 0 Å². The van der Waals surface area contributed by atoms with E-state index in [-0.39, 0.29) is 6.10 Å². The lowest BCUT2D eigenvalue weighted by Crippen LogP contribution is -2.08. The fourth-order valence-electron chi connectivity index (χ4n) is 2.90. The van der Waals surface area contributed by atoms with Gasteiger partial charge in [0, 0.05) is 29.2 Å². The molecule has 3 nitrogen and oxygen atoms in total. The van der Waals surface area contributed by atoms with Gasteiger partial charge in [-0.3, -0.25) is 0 Å². The molecule has 0 amide bonds. The summed E-state index contributed by atoms with van der Waals surface area (Å²) in [5.41, 5.74) is 4.00. The van der Waals surface area contributed by atoms with Gasteiger partial charge in [-0.25, -0.2) is 0 Å². The smallest absolute Gasteiger partial charge is 0.120 e. The molecule has 110 valence electrons. The molecule has 1 heterocycles. The molecule has 0 atom stereocenters. The van der Waals surface area contributed by atoms with Crippen molar-refractivity contribution in [3.63, 3.8) is 0 Å². The second kappa shape index (κ2) is 5.88. The van der Waals surface area contributed by atoms with Gasteiger partial charge in [-0.2, -0.15) is 0 Å². The predicted molar refractivity (Wildman–Crippen MR) is 85.6 cm³/mol. The third kappa shape index (κ3) is 2.68. The summed E-state index contributed by atoms with van der Waals surface area (Å²) in [6.45, 7) is 11.7. The van der Waals surface area contributed by atoms with Crippen LogP contribution in [0.5, 0.6) is 5.75 Å². The molecule has 0 aliphatic carbocycles. The standard InChI is InChI=1S/C17H26N2O/c1-11(2)19-13(5)16(10-18-6)15-9-14(20-12(3)4)7-8-17(15)19/h7-9,11-12,18H,10H2,1-6H3. The van der Waals surface area contributed by atoms with Crippen LogP contribution < -0.4 is 10.1 Å². The molecule has 20 heavy (non-hydrogen) atoms. The summed E-state index contributed by atoms with van der Waals surface area (Å²) in [5.74, 6) is 0.950. The molecule has 0 bridgehead atoms. The highest BCUT2D eigenvalue weighted by Gasteiger charge is 2.16. The van der Waals surface area contributed by atoms with Crippen LogP contribution in [0.15, 0.2) is 18.2 Å². The van der Waals surface area contributed by atoms with Gasteiger partial charge in [-0.1, -0.05) is 0 Å². The van der Waals surface area contributed by atoms with Gasteiger partial charge in [0.1, 0.15) is 5.75 Å². The van der Waals surface area contributed by atoms with Crippen molar-refractivity contribution in [3.8, 4) is 5.75 Å². The van der Waals surface area contributed by atoms with Gasteiger partial charge >= 0.3 is 0 Å². The van der Waals surface area contributed by atoms with Crippen LogP contribution in [-0.4, -0.2) is 17.7 Å². The number of benzene rings is 1. The number of hydrogen-bond donors (Lipinski definition) is 1. The zero-order valence-electron chi connectivity index (χ0n) is 13.4. The highest BCUT2D eigenvalue weighted by atomic mass is 16.5. The zero-order valence-corrected chi connectivity index (χ0v) is 13.4. The maximum absolute atomic E-state index is 5.84. The van der Waals surface area contributed by atoms with Gasteiger partial charge in [0.05, 0.1) is 6.10 Å². The molecular weight excluding hydrogens is 248 g/mol. The summed E-state index contributed by atoms with van der Waals surface area (Å²) in [5, 5.41) is 4.57. The van der Waals surface area contributed by atoms with Crippen LogP contribution in [0.25, 0.3) is 10.9 Å². The highest BCUT2D eigenvalue weighted by Crippen LogP contribution is 2.32. The van der Waals surface area contributed by atoms with Crippen molar-refractivity contribution in [2.24, 2.45) is 0 Å².